The van der Waals surface area contributed by atoms with Gasteiger partial charge >= 0.3 is 0 Å². The Hall–Kier alpha value is -2.00. The van der Waals surface area contributed by atoms with E-state index in [9.17, 15) is 8.78 Å². The van der Waals surface area contributed by atoms with Gasteiger partial charge in [0.15, 0.2) is 11.6 Å². The second-order valence-corrected chi connectivity index (χ2v) is 4.19. The molecule has 6 heteroatoms. The molecule has 1 aromatic carbocycles. The van der Waals surface area contributed by atoms with Crippen LogP contribution >= 0.6 is 11.3 Å². The molecule has 0 saturated heterocycles. The molecule has 2 aromatic rings. The third-order valence-corrected chi connectivity index (χ3v) is 2.92. The van der Waals surface area contributed by atoms with Gasteiger partial charge in [-0.15, -0.1) is 11.3 Å². The van der Waals surface area contributed by atoms with Gasteiger partial charge in [0.1, 0.15) is 6.07 Å². The van der Waals surface area contributed by atoms with Crippen molar-refractivity contribution >= 4 is 17.0 Å². The Kier molecular flexibility index (Phi) is 3.30. The number of aromatic nitrogens is 1. The topological polar surface area (TPSA) is 48.7 Å². The molecule has 1 aromatic heterocycles. The van der Waals surface area contributed by atoms with Gasteiger partial charge < -0.3 is 5.32 Å². The molecular formula is C11H7F2N3S. The predicted molar refractivity (Wildman–Crippen MR) is 60.5 cm³/mol. The van der Waals surface area contributed by atoms with Crippen molar-refractivity contribution < 1.29 is 8.78 Å². The molecule has 0 aliphatic heterocycles. The number of nitrogens with zero attached hydrogens (tertiary/aromatic N) is 2. The van der Waals surface area contributed by atoms with Crippen LogP contribution in [0.15, 0.2) is 23.8 Å². The molecule has 0 fully saturated rings. The lowest BCUT2D eigenvalue weighted by Gasteiger charge is -2.07. The largest absolute Gasteiger partial charge is 0.378 e. The lowest BCUT2D eigenvalue weighted by atomic mass is 10.2. The van der Waals surface area contributed by atoms with Crippen LogP contribution in [-0.4, -0.2) is 4.98 Å². The third-order valence-electron chi connectivity index (χ3n) is 2.14. The average Bonchev–Trinajstić information content (AvgIpc) is 2.84. The molecule has 0 amide bonds. The van der Waals surface area contributed by atoms with Crippen LogP contribution < -0.4 is 5.32 Å². The van der Waals surface area contributed by atoms with E-state index in [0.29, 0.717) is 6.54 Å². The van der Waals surface area contributed by atoms with Gasteiger partial charge in [-0.25, -0.2) is 8.78 Å². The van der Waals surface area contributed by atoms with Crippen LogP contribution in [0.4, 0.5) is 14.5 Å². The van der Waals surface area contributed by atoms with Crippen molar-refractivity contribution in [3.63, 3.8) is 0 Å². The third kappa shape index (κ3) is 2.40. The van der Waals surface area contributed by atoms with E-state index in [2.05, 4.69) is 10.3 Å². The summed E-state index contributed by atoms with van der Waals surface area (Å²) in [5.74, 6) is -2.16. The number of nitrogens with one attached hydrogen (secondary N) is 1. The summed E-state index contributed by atoms with van der Waals surface area (Å²) in [5.41, 5.74) is 1.40. The zero-order valence-corrected chi connectivity index (χ0v) is 9.39. The molecule has 0 saturated carbocycles. The molecule has 0 aliphatic rings. The number of hydrogen-bond acceptors (Lipinski definition) is 4. The van der Waals surface area contributed by atoms with Gasteiger partial charge in [-0.05, 0) is 12.1 Å². The van der Waals surface area contributed by atoms with Crippen LogP contribution in [-0.2, 0) is 6.54 Å². The average molecular weight is 251 g/mol. The van der Waals surface area contributed by atoms with Gasteiger partial charge in [0.05, 0.1) is 23.3 Å². The molecule has 1 heterocycles. The quantitative estimate of drug-likeness (QED) is 0.912. The van der Waals surface area contributed by atoms with Crippen molar-refractivity contribution in [2.75, 3.05) is 5.32 Å². The van der Waals surface area contributed by atoms with Gasteiger partial charge in [0, 0.05) is 11.1 Å². The number of halogens is 2. The second kappa shape index (κ2) is 4.89. The summed E-state index contributed by atoms with van der Waals surface area (Å²) in [7, 11) is 0. The molecule has 0 radical (unpaired) electrons. The number of rotatable bonds is 3. The zero-order chi connectivity index (χ0) is 12.3. The minimum atomic E-state index is -1.12. The fraction of sp³-hybridized carbons (Fsp3) is 0.0909. The van der Waals surface area contributed by atoms with Gasteiger partial charge in [0.2, 0.25) is 0 Å². The fourth-order valence-corrected chi connectivity index (χ4v) is 1.82. The molecule has 0 unspecified atom stereocenters. The molecular weight excluding hydrogens is 244 g/mol. The minimum Gasteiger partial charge on any atom is -0.378 e. The summed E-state index contributed by atoms with van der Waals surface area (Å²) < 4.78 is 26.8. The maximum atomic E-state index is 13.5. The van der Waals surface area contributed by atoms with E-state index in [0.717, 1.165) is 4.88 Å². The van der Waals surface area contributed by atoms with Crippen LogP contribution in [0.5, 0.6) is 0 Å². The number of hydrogen-bond donors (Lipinski definition) is 1. The first kappa shape index (κ1) is 11.5. The number of thiazole rings is 1. The van der Waals surface area contributed by atoms with Gasteiger partial charge in [-0.2, -0.15) is 5.26 Å². The lowest BCUT2D eigenvalue weighted by molar-refractivity contribution is 0.508. The van der Waals surface area contributed by atoms with E-state index in [-0.39, 0.29) is 11.3 Å². The molecule has 3 nitrogen and oxygen atoms in total. The Morgan fingerprint density at radius 3 is 2.82 bits per heavy atom. The number of anilines is 1. The summed E-state index contributed by atoms with van der Waals surface area (Å²) in [4.78, 5) is 4.78. The van der Waals surface area contributed by atoms with Gasteiger partial charge in [0.25, 0.3) is 0 Å². The highest BCUT2D eigenvalue weighted by Gasteiger charge is 2.12. The summed E-state index contributed by atoms with van der Waals surface area (Å²) >= 11 is 1.42. The first-order chi connectivity index (χ1) is 8.22. The van der Waals surface area contributed by atoms with E-state index in [1.807, 2.05) is 0 Å². The zero-order valence-electron chi connectivity index (χ0n) is 8.58. The minimum absolute atomic E-state index is 0.0369. The van der Waals surface area contributed by atoms with Crippen LogP contribution in [0, 0.1) is 23.0 Å². The Morgan fingerprint density at radius 1 is 1.35 bits per heavy atom. The van der Waals surface area contributed by atoms with Gasteiger partial charge in [-0.1, -0.05) is 0 Å². The molecule has 86 valence electrons. The highest BCUT2D eigenvalue weighted by molar-refractivity contribution is 7.09. The van der Waals surface area contributed by atoms with E-state index >= 15 is 0 Å². The van der Waals surface area contributed by atoms with Crippen molar-refractivity contribution in [1.29, 1.82) is 5.26 Å². The first-order valence-electron chi connectivity index (χ1n) is 4.71. The normalized spacial score (nSPS) is 9.94. The highest BCUT2D eigenvalue weighted by atomic mass is 32.1. The molecule has 0 spiro atoms. The first-order valence-corrected chi connectivity index (χ1v) is 5.59. The standard InChI is InChI=1S/C11H7F2N3S/c12-10-7(3-14)1-2-9(11(10)13)16-5-8-4-15-6-17-8/h1-2,4,6,16H,5H2. The molecule has 2 rings (SSSR count). The summed E-state index contributed by atoms with van der Waals surface area (Å²) in [6.45, 7) is 0.368. The van der Waals surface area contributed by atoms with Crippen molar-refractivity contribution in [3.05, 3.63) is 45.9 Å². The number of benzene rings is 1. The van der Waals surface area contributed by atoms with E-state index in [1.165, 1.54) is 23.5 Å². The summed E-state index contributed by atoms with van der Waals surface area (Å²) in [5, 5.41) is 11.3. The van der Waals surface area contributed by atoms with Crippen molar-refractivity contribution in [2.24, 2.45) is 0 Å². The highest BCUT2D eigenvalue weighted by Crippen LogP contribution is 2.21. The smallest absolute Gasteiger partial charge is 0.183 e. The number of nitriles is 1. The van der Waals surface area contributed by atoms with Gasteiger partial charge in [-0.3, -0.25) is 4.98 Å². The van der Waals surface area contributed by atoms with Crippen LogP contribution in [0.25, 0.3) is 0 Å². The fourth-order valence-electron chi connectivity index (χ4n) is 1.28. The lowest BCUT2D eigenvalue weighted by Crippen LogP contribution is -2.02. The Morgan fingerprint density at radius 2 is 2.18 bits per heavy atom. The van der Waals surface area contributed by atoms with E-state index < -0.39 is 11.6 Å². The molecule has 1 N–H and O–H groups in total. The van der Waals surface area contributed by atoms with Crippen LogP contribution in [0.3, 0.4) is 0 Å². The van der Waals surface area contributed by atoms with Crippen molar-refractivity contribution in [1.82, 2.24) is 4.98 Å². The summed E-state index contributed by atoms with van der Waals surface area (Å²) in [6.07, 6.45) is 1.65. The Bertz CT molecular complexity index is 561. The maximum Gasteiger partial charge on any atom is 0.183 e. The van der Waals surface area contributed by atoms with Crippen molar-refractivity contribution in [2.45, 2.75) is 6.54 Å². The molecule has 0 bridgehead atoms. The molecule has 17 heavy (non-hydrogen) atoms. The monoisotopic (exact) mass is 251 g/mol. The van der Waals surface area contributed by atoms with E-state index in [4.69, 9.17) is 5.26 Å². The molecule has 0 aliphatic carbocycles. The van der Waals surface area contributed by atoms with E-state index in [1.54, 1.807) is 17.8 Å². The predicted octanol–water partition coefficient (Wildman–Crippen LogP) is 2.91. The maximum absolute atomic E-state index is 13.5. The van der Waals surface area contributed by atoms with Crippen molar-refractivity contribution in [3.8, 4) is 6.07 Å². The summed E-state index contributed by atoms with van der Waals surface area (Å²) in [6, 6.07) is 4.17. The van der Waals surface area contributed by atoms with Crippen LogP contribution in [0.2, 0.25) is 0 Å². The van der Waals surface area contributed by atoms with Crippen LogP contribution in [0.1, 0.15) is 10.4 Å². The SMILES string of the molecule is N#Cc1ccc(NCc2cncs2)c(F)c1F. The Balaban J connectivity index is 2.17. The Labute approximate surface area is 100 Å². The molecule has 0 atom stereocenters. The second-order valence-electron chi connectivity index (χ2n) is 3.22.